The fourth-order valence-corrected chi connectivity index (χ4v) is 2.86. The number of amides is 1. The average molecular weight is 344 g/mol. The Morgan fingerprint density at radius 1 is 1.52 bits per heavy atom. The molecule has 10 heteroatoms. The molecule has 1 aliphatic carbocycles. The number of nitrogens with one attached hydrogen (secondary N) is 1. The van der Waals surface area contributed by atoms with Crippen LogP contribution in [0.15, 0.2) is 24.3 Å². The number of alkyl carbamates (subject to hydrolysis) is 1. The van der Waals surface area contributed by atoms with E-state index in [1.165, 1.54) is 25.3 Å². The van der Waals surface area contributed by atoms with Gasteiger partial charge in [-0.1, -0.05) is 12.1 Å². The first-order valence-electron chi connectivity index (χ1n) is 6.63. The number of carbonyl (C=O) groups excluding carboxylic acids is 1. The van der Waals surface area contributed by atoms with Crippen LogP contribution in [0, 0.1) is 16.0 Å². The molecule has 0 bridgehead atoms. The van der Waals surface area contributed by atoms with Crippen LogP contribution >= 0.6 is 0 Å². The van der Waals surface area contributed by atoms with E-state index in [9.17, 15) is 23.3 Å². The smallest absolute Gasteiger partial charge is 0.407 e. The summed E-state index contributed by atoms with van der Waals surface area (Å²) in [5, 5.41) is 13.5. The van der Waals surface area contributed by atoms with Gasteiger partial charge < -0.3 is 10.1 Å². The monoisotopic (exact) mass is 344 g/mol. The third-order valence-electron chi connectivity index (χ3n) is 3.67. The third kappa shape index (κ3) is 3.96. The number of non-ortho nitro benzene ring substituents is 1. The van der Waals surface area contributed by atoms with E-state index in [1.807, 2.05) is 0 Å². The van der Waals surface area contributed by atoms with Crippen molar-refractivity contribution in [2.45, 2.75) is 12.0 Å². The molecule has 1 amide bonds. The lowest BCUT2D eigenvalue weighted by Gasteiger charge is -2.19. The molecular weight excluding hydrogens is 328 g/mol. The predicted octanol–water partition coefficient (Wildman–Crippen LogP) is 1.14. The van der Waals surface area contributed by atoms with Crippen LogP contribution in [0.4, 0.5) is 10.5 Å². The Labute approximate surface area is 132 Å². The van der Waals surface area contributed by atoms with Crippen LogP contribution < -0.4 is 5.32 Å². The Balaban J connectivity index is 2.28. The number of nitro groups is 1. The normalized spacial score (nSPS) is 23.1. The summed E-state index contributed by atoms with van der Waals surface area (Å²) >= 11 is 0. The molecule has 1 aromatic carbocycles. The standard InChI is InChI=1S/C13H16N2O7S/c1-21-12(16)14-13(7-10(13)8-22-23(2,19)20)9-4-3-5-11(6-9)15(17)18/h3-6,10H,7-8H2,1-2H3,(H,14,16)/t10-,13+/m0/s1. The minimum absolute atomic E-state index is 0.122. The summed E-state index contributed by atoms with van der Waals surface area (Å²) in [6.45, 7) is -0.133. The van der Waals surface area contributed by atoms with Crippen LogP contribution in [0.2, 0.25) is 0 Å². The van der Waals surface area contributed by atoms with Crippen molar-refractivity contribution in [2.75, 3.05) is 20.0 Å². The first-order chi connectivity index (χ1) is 10.7. The summed E-state index contributed by atoms with van der Waals surface area (Å²) in [5.41, 5.74) is -0.563. The number of benzene rings is 1. The molecule has 1 aromatic rings. The molecule has 1 aliphatic rings. The Kier molecular flexibility index (Phi) is 4.57. The Hall–Kier alpha value is -2.20. The average Bonchev–Trinajstić information content (AvgIpc) is 3.19. The number of methoxy groups -OCH3 is 1. The largest absolute Gasteiger partial charge is 0.453 e. The van der Waals surface area contributed by atoms with Gasteiger partial charge in [-0.3, -0.25) is 14.3 Å². The van der Waals surface area contributed by atoms with Gasteiger partial charge in [0.05, 0.1) is 30.4 Å². The fraction of sp³-hybridized carbons (Fsp3) is 0.462. The summed E-state index contributed by atoms with van der Waals surface area (Å²) in [7, 11) is -2.42. The van der Waals surface area contributed by atoms with Crippen LogP contribution in [0.5, 0.6) is 0 Å². The van der Waals surface area contributed by atoms with Crippen molar-refractivity contribution in [2.24, 2.45) is 5.92 Å². The molecule has 2 rings (SSSR count). The Morgan fingerprint density at radius 3 is 2.78 bits per heavy atom. The van der Waals surface area contributed by atoms with Crippen molar-refractivity contribution in [1.29, 1.82) is 0 Å². The lowest BCUT2D eigenvalue weighted by Crippen LogP contribution is -2.37. The molecule has 126 valence electrons. The number of nitrogens with zero attached hydrogens (tertiary/aromatic N) is 1. The summed E-state index contributed by atoms with van der Waals surface area (Å²) in [6.07, 6.45) is 0.607. The quantitative estimate of drug-likeness (QED) is 0.466. The predicted molar refractivity (Wildman–Crippen MR) is 79.2 cm³/mol. The highest BCUT2D eigenvalue weighted by atomic mass is 32.2. The third-order valence-corrected chi connectivity index (χ3v) is 4.24. The Bertz CT molecular complexity index is 734. The van der Waals surface area contributed by atoms with Gasteiger partial charge in [0, 0.05) is 18.1 Å². The number of rotatable bonds is 6. The van der Waals surface area contributed by atoms with Gasteiger partial charge >= 0.3 is 6.09 Å². The molecule has 0 radical (unpaired) electrons. The zero-order valence-corrected chi connectivity index (χ0v) is 13.3. The van der Waals surface area contributed by atoms with Gasteiger partial charge in [-0.05, 0) is 12.0 Å². The van der Waals surface area contributed by atoms with E-state index in [1.54, 1.807) is 6.07 Å². The highest BCUT2D eigenvalue weighted by Gasteiger charge is 2.57. The van der Waals surface area contributed by atoms with Crippen molar-refractivity contribution in [3.8, 4) is 0 Å². The molecule has 23 heavy (non-hydrogen) atoms. The van der Waals surface area contributed by atoms with Gasteiger partial charge in [-0.2, -0.15) is 8.42 Å². The first-order valence-corrected chi connectivity index (χ1v) is 8.45. The molecule has 2 atom stereocenters. The van der Waals surface area contributed by atoms with Gasteiger partial charge in [-0.25, -0.2) is 4.79 Å². The highest BCUT2D eigenvalue weighted by Crippen LogP contribution is 2.52. The van der Waals surface area contributed by atoms with Crippen molar-refractivity contribution in [3.63, 3.8) is 0 Å². The second-order valence-corrected chi connectivity index (χ2v) is 6.93. The minimum Gasteiger partial charge on any atom is -0.453 e. The fourth-order valence-electron chi connectivity index (χ4n) is 2.45. The molecule has 1 saturated carbocycles. The minimum atomic E-state index is -3.62. The van der Waals surface area contributed by atoms with Crippen molar-refractivity contribution in [3.05, 3.63) is 39.9 Å². The maximum Gasteiger partial charge on any atom is 0.407 e. The van der Waals surface area contributed by atoms with Crippen LogP contribution in [-0.4, -0.2) is 39.4 Å². The van der Waals surface area contributed by atoms with Gasteiger partial charge in [0.15, 0.2) is 0 Å². The number of ether oxygens (including phenoxy) is 1. The SMILES string of the molecule is COC(=O)N[C@@]1(c2cccc([N+](=O)[O-])c2)C[C@H]1COS(C)(=O)=O. The van der Waals surface area contributed by atoms with E-state index >= 15 is 0 Å². The second-order valence-electron chi connectivity index (χ2n) is 5.29. The van der Waals surface area contributed by atoms with Crippen LogP contribution in [0.1, 0.15) is 12.0 Å². The van der Waals surface area contributed by atoms with Gasteiger partial charge in [-0.15, -0.1) is 0 Å². The van der Waals surface area contributed by atoms with Crippen LogP contribution in [0.3, 0.4) is 0 Å². The summed E-state index contributed by atoms with van der Waals surface area (Å²) < 4.78 is 31.6. The first kappa shape index (κ1) is 17.2. The van der Waals surface area contributed by atoms with E-state index in [4.69, 9.17) is 4.18 Å². The van der Waals surface area contributed by atoms with E-state index in [2.05, 4.69) is 10.1 Å². The molecule has 0 aliphatic heterocycles. The highest BCUT2D eigenvalue weighted by molar-refractivity contribution is 7.85. The van der Waals surface area contributed by atoms with Gasteiger partial charge in [0.25, 0.3) is 15.8 Å². The zero-order chi connectivity index (χ0) is 17.3. The van der Waals surface area contributed by atoms with E-state index in [-0.39, 0.29) is 18.2 Å². The molecule has 0 spiro atoms. The second kappa shape index (κ2) is 6.13. The summed E-state index contributed by atoms with van der Waals surface area (Å²) in [6, 6.07) is 5.81. The molecule has 0 saturated heterocycles. The van der Waals surface area contributed by atoms with Crippen LogP contribution in [-0.2, 0) is 24.6 Å². The maximum atomic E-state index is 11.6. The maximum absolute atomic E-state index is 11.6. The molecule has 9 nitrogen and oxygen atoms in total. The van der Waals surface area contributed by atoms with Crippen molar-refractivity contribution < 1.29 is 27.1 Å². The lowest BCUT2D eigenvalue weighted by molar-refractivity contribution is -0.385. The molecule has 1 N–H and O–H groups in total. The van der Waals surface area contributed by atoms with Crippen LogP contribution in [0.25, 0.3) is 0 Å². The van der Waals surface area contributed by atoms with Gasteiger partial charge in [0.2, 0.25) is 0 Å². The Morgan fingerprint density at radius 2 is 2.22 bits per heavy atom. The number of hydrogen-bond acceptors (Lipinski definition) is 7. The molecular formula is C13H16N2O7S. The van der Waals surface area contributed by atoms with Gasteiger partial charge in [0.1, 0.15) is 0 Å². The lowest BCUT2D eigenvalue weighted by atomic mass is 10.0. The molecule has 0 aromatic heterocycles. The number of hydrogen-bond donors (Lipinski definition) is 1. The molecule has 0 heterocycles. The zero-order valence-electron chi connectivity index (χ0n) is 12.5. The molecule has 1 fully saturated rings. The van der Waals surface area contributed by atoms with Crippen molar-refractivity contribution >= 4 is 21.9 Å². The summed E-state index contributed by atoms with van der Waals surface area (Å²) in [4.78, 5) is 21.9. The molecule has 0 unspecified atom stereocenters. The summed E-state index contributed by atoms with van der Waals surface area (Å²) in [5.74, 6) is -0.335. The van der Waals surface area contributed by atoms with E-state index < -0.39 is 26.7 Å². The number of carbonyl (C=O) groups is 1. The van der Waals surface area contributed by atoms with Crippen molar-refractivity contribution in [1.82, 2.24) is 5.32 Å². The number of nitro benzene ring substituents is 1. The topological polar surface area (TPSA) is 125 Å². The van der Waals surface area contributed by atoms with E-state index in [0.717, 1.165) is 6.26 Å². The van der Waals surface area contributed by atoms with E-state index in [0.29, 0.717) is 12.0 Å².